The molecule has 4 rings (SSSR count). The molecule has 0 spiro atoms. The summed E-state index contributed by atoms with van der Waals surface area (Å²) in [5.74, 6) is 0. The van der Waals surface area contributed by atoms with Crippen molar-refractivity contribution in [3.8, 4) is 11.3 Å². The molecule has 0 saturated heterocycles. The zero-order valence-electron chi connectivity index (χ0n) is 10.6. The van der Waals surface area contributed by atoms with Gasteiger partial charge in [-0.25, -0.2) is 0 Å². The summed E-state index contributed by atoms with van der Waals surface area (Å²) in [4.78, 5) is 4.53. The van der Waals surface area contributed by atoms with Crippen LogP contribution in [0.3, 0.4) is 0 Å². The molecule has 2 heterocycles. The van der Waals surface area contributed by atoms with Gasteiger partial charge in [0.25, 0.3) is 0 Å². The molecule has 0 fully saturated rings. The minimum Gasteiger partial charge on any atom is -0.508 e. The van der Waals surface area contributed by atoms with Crippen LogP contribution in [0, 0.1) is 6.07 Å². The van der Waals surface area contributed by atoms with Crippen molar-refractivity contribution in [1.82, 2.24) is 4.98 Å². The molecule has 3 aromatic rings. The molecule has 2 nitrogen and oxygen atoms in total. The zero-order chi connectivity index (χ0) is 12.3. The Bertz CT molecular complexity index is 773. The number of benzene rings is 1. The van der Waals surface area contributed by atoms with Crippen LogP contribution in [0.15, 0.2) is 41.1 Å². The minimum atomic E-state index is -0.0428. The van der Waals surface area contributed by atoms with Crippen LogP contribution in [0.5, 0.6) is 0 Å². The third kappa shape index (κ3) is 1.50. The van der Waals surface area contributed by atoms with E-state index >= 15 is 0 Å². The molecule has 0 unspecified atom stereocenters. The quantitative estimate of drug-likeness (QED) is 0.507. The van der Waals surface area contributed by atoms with Crippen LogP contribution >= 0.6 is 0 Å². The van der Waals surface area contributed by atoms with Crippen molar-refractivity contribution in [2.45, 2.75) is 19.3 Å². The van der Waals surface area contributed by atoms with E-state index in [4.69, 9.17) is 4.42 Å². The first-order chi connectivity index (χ1) is 8.69. The van der Waals surface area contributed by atoms with E-state index in [9.17, 15) is 0 Å². The van der Waals surface area contributed by atoms with E-state index < -0.39 is 0 Å². The molecule has 1 aliphatic rings. The number of hydrogen-bond donors (Lipinski definition) is 0. The Morgan fingerprint density at radius 2 is 2.11 bits per heavy atom. The second-order valence-electron chi connectivity index (χ2n) is 5.26. The molecule has 0 amide bonds. The number of hydrogen-bond acceptors (Lipinski definition) is 2. The average molecular weight is 429 g/mol. The summed E-state index contributed by atoms with van der Waals surface area (Å²) >= 11 is 0. The molecule has 1 aliphatic carbocycles. The Balaban J connectivity index is 0.00000110. The molecule has 0 bridgehead atoms. The van der Waals surface area contributed by atoms with Crippen LogP contribution in [0.2, 0.25) is 0 Å². The van der Waals surface area contributed by atoms with Crippen molar-refractivity contribution in [2.75, 3.05) is 0 Å². The van der Waals surface area contributed by atoms with Crippen molar-refractivity contribution < 1.29 is 25.5 Å². The van der Waals surface area contributed by atoms with Crippen molar-refractivity contribution in [3.63, 3.8) is 0 Å². The Hall–Kier alpha value is -1.40. The minimum absolute atomic E-state index is 0. The number of aromatic nitrogens is 1. The molecule has 3 heteroatoms. The van der Waals surface area contributed by atoms with Gasteiger partial charge in [0.1, 0.15) is 0 Å². The molecule has 0 aliphatic heterocycles. The van der Waals surface area contributed by atoms with Crippen LogP contribution in [0.4, 0.5) is 0 Å². The summed E-state index contributed by atoms with van der Waals surface area (Å²) in [7, 11) is 0. The fourth-order valence-corrected chi connectivity index (χ4v) is 3.06. The van der Waals surface area contributed by atoms with E-state index in [1.54, 1.807) is 6.26 Å². The number of rotatable bonds is 0. The third-order valence-corrected chi connectivity index (χ3v) is 3.90. The van der Waals surface area contributed by atoms with Gasteiger partial charge in [-0.3, -0.25) is 0 Å². The first-order valence-electron chi connectivity index (χ1n) is 6.08. The Labute approximate surface area is 126 Å². The molecule has 0 atom stereocenters. The smallest absolute Gasteiger partial charge is 0.0766 e. The second kappa shape index (κ2) is 4.04. The maximum Gasteiger partial charge on any atom is 0.0766 e. The maximum absolute atomic E-state index is 5.48. The molecule has 19 heavy (non-hydrogen) atoms. The maximum atomic E-state index is 5.48. The van der Waals surface area contributed by atoms with Crippen LogP contribution in [0.1, 0.15) is 25.0 Å². The Morgan fingerprint density at radius 1 is 1.26 bits per heavy atom. The van der Waals surface area contributed by atoms with E-state index in [2.05, 4.69) is 31.0 Å². The van der Waals surface area contributed by atoms with Crippen LogP contribution in [-0.4, -0.2) is 4.98 Å². The fourth-order valence-electron chi connectivity index (χ4n) is 3.06. The van der Waals surface area contributed by atoms with Gasteiger partial charge >= 0.3 is 0 Å². The molecule has 0 N–H and O–H groups in total. The van der Waals surface area contributed by atoms with Gasteiger partial charge in [-0.1, -0.05) is 30.9 Å². The largest absolute Gasteiger partial charge is 0.508 e. The van der Waals surface area contributed by atoms with Gasteiger partial charge in [0, 0.05) is 27.3 Å². The van der Waals surface area contributed by atoms with Crippen molar-refractivity contribution >= 4 is 11.0 Å². The monoisotopic (exact) mass is 429 g/mol. The topological polar surface area (TPSA) is 26.0 Å². The standard InChI is InChI=1S/C16H12NO.Pt/c1-16(2)12-4-3-8-17-15(12)11-5-6-13-10(14(11)16)7-9-18-13;/h3-4,6-9H,1-2H3;/q-1;. The van der Waals surface area contributed by atoms with Crippen molar-refractivity contribution in [2.24, 2.45) is 0 Å². The van der Waals surface area contributed by atoms with E-state index in [-0.39, 0.29) is 26.5 Å². The summed E-state index contributed by atoms with van der Waals surface area (Å²) in [5, 5.41) is 1.17. The molecular weight excluding hydrogens is 417 g/mol. The number of fused-ring (bicyclic) bond motifs is 5. The zero-order valence-corrected chi connectivity index (χ0v) is 12.9. The van der Waals surface area contributed by atoms with Gasteiger partial charge < -0.3 is 9.40 Å². The predicted molar refractivity (Wildman–Crippen MR) is 70.4 cm³/mol. The predicted octanol–water partition coefficient (Wildman–Crippen LogP) is 3.93. The second-order valence-corrected chi connectivity index (χ2v) is 5.26. The number of furan rings is 1. The normalized spacial score (nSPS) is 14.8. The van der Waals surface area contributed by atoms with Gasteiger partial charge in [0.2, 0.25) is 0 Å². The molecule has 98 valence electrons. The summed E-state index contributed by atoms with van der Waals surface area (Å²) < 4.78 is 5.48. The van der Waals surface area contributed by atoms with Crippen molar-refractivity contribution in [3.05, 3.63) is 53.9 Å². The number of nitrogens with zero attached hydrogens (tertiary/aromatic N) is 1. The summed E-state index contributed by atoms with van der Waals surface area (Å²) in [6, 6.07) is 11.4. The molecule has 1 aromatic carbocycles. The molecule has 2 aromatic heterocycles. The molecule has 0 saturated carbocycles. The van der Waals surface area contributed by atoms with Gasteiger partial charge in [-0.15, -0.1) is 23.3 Å². The van der Waals surface area contributed by atoms with Gasteiger partial charge in [0.15, 0.2) is 0 Å². The Morgan fingerprint density at radius 3 is 2.95 bits per heavy atom. The van der Waals surface area contributed by atoms with Crippen molar-refractivity contribution in [1.29, 1.82) is 0 Å². The first-order valence-corrected chi connectivity index (χ1v) is 6.08. The van der Waals surface area contributed by atoms with Gasteiger partial charge in [-0.2, -0.15) is 0 Å². The van der Waals surface area contributed by atoms with E-state index in [0.717, 1.165) is 16.8 Å². The van der Waals surface area contributed by atoms with Crippen LogP contribution in [-0.2, 0) is 26.5 Å². The summed E-state index contributed by atoms with van der Waals surface area (Å²) in [6.45, 7) is 4.47. The SMILES string of the molecule is CC1(C)c2cccnc2-c2[c-]cc3occc3c21.[Pt]. The Kier molecular flexibility index (Phi) is 2.69. The van der Waals surface area contributed by atoms with Crippen LogP contribution in [0.25, 0.3) is 22.2 Å². The molecular formula is C16H12NOPt-. The van der Waals surface area contributed by atoms with E-state index in [1.807, 2.05) is 24.4 Å². The molecule has 0 radical (unpaired) electrons. The summed E-state index contributed by atoms with van der Waals surface area (Å²) in [6.07, 6.45) is 3.59. The number of pyridine rings is 1. The average Bonchev–Trinajstić information content (AvgIpc) is 2.92. The summed E-state index contributed by atoms with van der Waals surface area (Å²) in [5.41, 5.74) is 5.57. The fraction of sp³-hybridized carbons (Fsp3) is 0.188. The first kappa shape index (κ1) is 12.6. The van der Waals surface area contributed by atoms with E-state index in [1.165, 1.54) is 16.5 Å². The van der Waals surface area contributed by atoms with Gasteiger partial charge in [-0.05, 0) is 23.2 Å². The third-order valence-electron chi connectivity index (χ3n) is 3.90. The van der Waals surface area contributed by atoms with Gasteiger partial charge in [0.05, 0.1) is 11.8 Å². The van der Waals surface area contributed by atoms with Crippen LogP contribution < -0.4 is 0 Å². The van der Waals surface area contributed by atoms with E-state index in [0.29, 0.717) is 0 Å².